The largest absolute Gasteiger partial charge is 2.00 e. The van der Waals surface area contributed by atoms with Gasteiger partial charge in [0.2, 0.25) is 0 Å². The average Bonchev–Trinajstić information content (AvgIpc) is 2.13. The summed E-state index contributed by atoms with van der Waals surface area (Å²) in [5.41, 5.74) is 2.10. The first-order chi connectivity index (χ1) is 6.63. The summed E-state index contributed by atoms with van der Waals surface area (Å²) < 4.78 is 9.36. The Hall–Kier alpha value is -0.472. The number of hydrogen-bond acceptors (Lipinski definition) is 4. The maximum absolute atomic E-state index is 9.73. The van der Waals surface area contributed by atoms with E-state index in [0.29, 0.717) is 6.61 Å². The molecule has 0 radical (unpaired) electrons. The van der Waals surface area contributed by atoms with Crippen molar-refractivity contribution in [2.45, 2.75) is 20.8 Å². The molecular formula is C10H16O4W. The van der Waals surface area contributed by atoms with Gasteiger partial charge in [-0.1, -0.05) is 12.0 Å². The Bertz CT molecular complexity index is 186. The van der Waals surface area contributed by atoms with E-state index in [2.05, 4.69) is 4.74 Å². The quantitative estimate of drug-likeness (QED) is 0.528. The first kappa shape index (κ1) is 20.0. The van der Waals surface area contributed by atoms with Crippen LogP contribution in [0.5, 0.6) is 0 Å². The minimum absolute atomic E-state index is 0. The molecule has 0 heterocycles. The van der Waals surface area contributed by atoms with Crippen molar-refractivity contribution in [1.82, 2.24) is 0 Å². The molecule has 0 N–H and O–H groups in total. The SMILES string of the molecule is COCC(CO[C-]=O)=C(C)C.C[C-]=O.[W+2]. The Morgan fingerprint density at radius 2 is 1.67 bits per heavy atom. The normalized spacial score (nSPS) is 7.47. The van der Waals surface area contributed by atoms with Gasteiger partial charge in [0.05, 0.1) is 13.2 Å². The Morgan fingerprint density at radius 1 is 1.20 bits per heavy atom. The summed E-state index contributed by atoms with van der Waals surface area (Å²) in [4.78, 5) is 18.4. The van der Waals surface area contributed by atoms with E-state index >= 15 is 0 Å². The summed E-state index contributed by atoms with van der Waals surface area (Å²) in [6.45, 7) is 7.37. The van der Waals surface area contributed by atoms with Crippen molar-refractivity contribution in [3.8, 4) is 0 Å². The fraction of sp³-hybridized carbons (Fsp3) is 0.600. The summed E-state index contributed by atoms with van der Waals surface area (Å²) >= 11 is 0. The maximum atomic E-state index is 9.73. The molecule has 0 saturated carbocycles. The van der Waals surface area contributed by atoms with Gasteiger partial charge in [-0.15, -0.1) is 0 Å². The third-order valence-corrected chi connectivity index (χ3v) is 1.33. The minimum Gasteiger partial charge on any atom is -0.650 e. The molecule has 0 aromatic heterocycles. The molecule has 0 aromatic carbocycles. The second-order valence-electron chi connectivity index (χ2n) is 2.61. The molecule has 15 heavy (non-hydrogen) atoms. The second-order valence-corrected chi connectivity index (χ2v) is 2.61. The molecule has 0 saturated heterocycles. The van der Waals surface area contributed by atoms with Gasteiger partial charge in [-0.3, -0.25) is 6.29 Å². The average molecular weight is 384 g/mol. The van der Waals surface area contributed by atoms with Crippen LogP contribution < -0.4 is 0 Å². The molecule has 0 aliphatic heterocycles. The fourth-order valence-electron chi connectivity index (χ4n) is 0.621. The summed E-state index contributed by atoms with van der Waals surface area (Å²) in [6, 6.07) is 0. The van der Waals surface area contributed by atoms with Crippen molar-refractivity contribution in [2.75, 3.05) is 20.3 Å². The van der Waals surface area contributed by atoms with Crippen molar-refractivity contribution in [1.29, 1.82) is 0 Å². The zero-order valence-electron chi connectivity index (χ0n) is 9.46. The minimum atomic E-state index is 0. The smallest absolute Gasteiger partial charge is 0.650 e. The van der Waals surface area contributed by atoms with Gasteiger partial charge in [-0.2, -0.15) is 6.92 Å². The van der Waals surface area contributed by atoms with Crippen LogP contribution in [-0.2, 0) is 40.1 Å². The van der Waals surface area contributed by atoms with Gasteiger partial charge >= 0.3 is 21.1 Å². The number of ether oxygens (including phenoxy) is 2. The molecule has 0 fully saturated rings. The van der Waals surface area contributed by atoms with Gasteiger partial charge in [0.15, 0.2) is 0 Å². The van der Waals surface area contributed by atoms with Crippen molar-refractivity contribution >= 4 is 12.8 Å². The summed E-state index contributed by atoms with van der Waals surface area (Å²) in [5.74, 6) is 0. The molecule has 0 aromatic rings. The topological polar surface area (TPSA) is 52.6 Å². The standard InChI is InChI=1S/C8H13O3.C2H3O.W/c1-7(2)8(4-10-3)5-11-6-9;1-2-3;/h4-5H2,1-3H3;1H3;/q2*-1;+2. The Morgan fingerprint density at radius 3 is 1.93 bits per heavy atom. The summed E-state index contributed by atoms with van der Waals surface area (Å²) in [5, 5.41) is 0. The predicted octanol–water partition coefficient (Wildman–Crippen LogP) is 1.17. The van der Waals surface area contributed by atoms with Crippen LogP contribution in [-0.4, -0.2) is 33.1 Å². The zero-order valence-corrected chi connectivity index (χ0v) is 12.4. The summed E-state index contributed by atoms with van der Waals surface area (Å²) in [6.07, 6.45) is 1.50. The maximum Gasteiger partial charge on any atom is 2.00 e. The van der Waals surface area contributed by atoms with E-state index in [1.807, 2.05) is 13.8 Å². The molecule has 86 valence electrons. The number of methoxy groups -OCH3 is 1. The molecule has 0 amide bonds. The van der Waals surface area contributed by atoms with E-state index in [-0.39, 0.29) is 27.7 Å². The van der Waals surface area contributed by atoms with Crippen LogP contribution in [0.25, 0.3) is 0 Å². The Labute approximate surface area is 105 Å². The van der Waals surface area contributed by atoms with E-state index in [1.165, 1.54) is 19.7 Å². The number of allylic oxidation sites excluding steroid dienone is 1. The van der Waals surface area contributed by atoms with E-state index in [0.717, 1.165) is 11.1 Å². The van der Waals surface area contributed by atoms with Gasteiger partial charge in [-0.25, -0.2) is 0 Å². The Balaban J connectivity index is -0.000000320. The molecule has 0 unspecified atom stereocenters. The van der Waals surface area contributed by atoms with E-state index in [4.69, 9.17) is 9.53 Å². The molecule has 0 spiro atoms. The van der Waals surface area contributed by atoms with Gasteiger partial charge in [-0.05, 0) is 19.4 Å². The molecule has 0 bridgehead atoms. The molecule has 0 atom stereocenters. The predicted molar refractivity (Wildman–Crippen MR) is 53.3 cm³/mol. The van der Waals surface area contributed by atoms with E-state index in [1.54, 1.807) is 7.11 Å². The van der Waals surface area contributed by atoms with Crippen LogP contribution >= 0.6 is 0 Å². The number of hydrogen-bond donors (Lipinski definition) is 0. The fourth-order valence-corrected chi connectivity index (χ4v) is 0.621. The van der Waals surface area contributed by atoms with E-state index < -0.39 is 0 Å². The molecule has 4 nitrogen and oxygen atoms in total. The Kier molecular flexibility index (Phi) is 21.3. The van der Waals surface area contributed by atoms with Gasteiger partial charge in [0, 0.05) is 7.11 Å². The molecular weight excluding hydrogens is 368 g/mol. The first-order valence-corrected chi connectivity index (χ1v) is 4.06. The van der Waals surface area contributed by atoms with Crippen LogP contribution in [0.1, 0.15) is 20.8 Å². The van der Waals surface area contributed by atoms with Crippen LogP contribution in [0, 0.1) is 0 Å². The third-order valence-electron chi connectivity index (χ3n) is 1.33. The van der Waals surface area contributed by atoms with E-state index in [9.17, 15) is 4.79 Å². The van der Waals surface area contributed by atoms with Crippen LogP contribution in [0.2, 0.25) is 0 Å². The number of rotatable bonds is 5. The van der Waals surface area contributed by atoms with Gasteiger partial charge < -0.3 is 19.1 Å². The molecule has 0 aliphatic carbocycles. The first-order valence-electron chi connectivity index (χ1n) is 4.06. The van der Waals surface area contributed by atoms with Gasteiger partial charge in [0.25, 0.3) is 0 Å². The van der Waals surface area contributed by atoms with Crippen molar-refractivity contribution in [3.63, 3.8) is 0 Å². The zero-order chi connectivity index (χ0) is 11.4. The van der Waals surface area contributed by atoms with Crippen molar-refractivity contribution in [2.24, 2.45) is 0 Å². The summed E-state index contributed by atoms with van der Waals surface area (Å²) in [7, 11) is 1.60. The molecule has 0 rings (SSSR count). The number of carbonyl (C=O) groups excluding carboxylic acids is 2. The van der Waals surface area contributed by atoms with Gasteiger partial charge in [0.1, 0.15) is 0 Å². The van der Waals surface area contributed by atoms with Crippen LogP contribution in [0.15, 0.2) is 11.1 Å². The van der Waals surface area contributed by atoms with Crippen LogP contribution in [0.4, 0.5) is 0 Å². The molecule has 5 heteroatoms. The monoisotopic (exact) mass is 384 g/mol. The van der Waals surface area contributed by atoms with Crippen molar-refractivity contribution in [3.05, 3.63) is 11.1 Å². The van der Waals surface area contributed by atoms with Crippen LogP contribution in [0.3, 0.4) is 0 Å². The molecule has 0 aliphatic rings. The second kappa shape index (κ2) is 16.0. The third kappa shape index (κ3) is 16.2. The van der Waals surface area contributed by atoms with Crippen molar-refractivity contribution < 1.29 is 40.1 Å².